The van der Waals surface area contributed by atoms with Gasteiger partial charge in [-0.15, -0.1) is 0 Å². The summed E-state index contributed by atoms with van der Waals surface area (Å²) in [5, 5.41) is 6.86. The number of fused-ring (bicyclic) bond motifs is 1. The van der Waals surface area contributed by atoms with Gasteiger partial charge in [-0.1, -0.05) is 19.9 Å². The maximum atomic E-state index is 11.2. The number of carbonyl (C=O) groups is 1. The number of nitrogens with zero attached hydrogens (tertiary/aromatic N) is 2. The molecule has 108 valence electrons. The topological polar surface area (TPSA) is 55.6 Å². The zero-order chi connectivity index (χ0) is 14.8. The van der Waals surface area contributed by atoms with Crippen molar-refractivity contribution in [1.29, 1.82) is 0 Å². The molecule has 2 aromatic rings. The Bertz CT molecular complexity index is 622. The van der Waals surface area contributed by atoms with Crippen LogP contribution in [0.1, 0.15) is 19.4 Å². The number of hydrogen-bond acceptors (Lipinski definition) is 3. The van der Waals surface area contributed by atoms with Crippen LogP contribution < -0.4 is 5.32 Å². The fraction of sp³-hybridized carbons (Fsp3) is 0.429. The highest BCUT2D eigenvalue weighted by atomic mass is 127. The minimum absolute atomic E-state index is 0.0852. The van der Waals surface area contributed by atoms with Crippen molar-refractivity contribution in [3.63, 3.8) is 0 Å². The van der Waals surface area contributed by atoms with E-state index in [4.69, 9.17) is 4.74 Å². The van der Waals surface area contributed by atoms with Crippen molar-refractivity contribution in [2.75, 3.05) is 20.3 Å². The molecule has 5 nitrogen and oxygen atoms in total. The van der Waals surface area contributed by atoms with E-state index in [1.807, 2.05) is 16.9 Å². The number of carbonyl (C=O) groups excluding carboxylic acids is 1. The third-order valence-electron chi connectivity index (χ3n) is 3.23. The molecule has 20 heavy (non-hydrogen) atoms. The van der Waals surface area contributed by atoms with Crippen molar-refractivity contribution in [3.05, 3.63) is 33.7 Å². The Morgan fingerprint density at radius 1 is 1.50 bits per heavy atom. The zero-order valence-corrected chi connectivity index (χ0v) is 14.0. The van der Waals surface area contributed by atoms with E-state index in [1.54, 1.807) is 7.05 Å². The van der Waals surface area contributed by atoms with Crippen LogP contribution in [0.25, 0.3) is 5.52 Å². The van der Waals surface area contributed by atoms with E-state index in [0.717, 1.165) is 14.7 Å². The molecule has 2 rings (SSSR count). The summed E-state index contributed by atoms with van der Waals surface area (Å²) in [4.78, 5) is 11.2. The molecule has 0 aromatic carbocycles. The van der Waals surface area contributed by atoms with Crippen LogP contribution in [0.5, 0.6) is 0 Å². The molecule has 0 unspecified atom stereocenters. The quantitative estimate of drug-likeness (QED) is 0.799. The fourth-order valence-corrected chi connectivity index (χ4v) is 2.46. The molecule has 0 radical (unpaired) electrons. The molecule has 6 heteroatoms. The molecule has 0 atom stereocenters. The lowest BCUT2D eigenvalue weighted by atomic mass is 9.87. The third kappa shape index (κ3) is 3.29. The average molecular weight is 387 g/mol. The van der Waals surface area contributed by atoms with Crippen LogP contribution in [0.2, 0.25) is 0 Å². The van der Waals surface area contributed by atoms with Gasteiger partial charge >= 0.3 is 0 Å². The molecule has 0 bridgehead atoms. The van der Waals surface area contributed by atoms with Crippen molar-refractivity contribution < 1.29 is 9.53 Å². The Morgan fingerprint density at radius 2 is 2.25 bits per heavy atom. The summed E-state index contributed by atoms with van der Waals surface area (Å²) in [5.74, 6) is -0.113. The highest BCUT2D eigenvalue weighted by Gasteiger charge is 2.22. The minimum atomic E-state index is -0.181. The Kier molecular flexibility index (Phi) is 4.64. The zero-order valence-electron chi connectivity index (χ0n) is 11.8. The van der Waals surface area contributed by atoms with Crippen LogP contribution in [0.15, 0.2) is 24.5 Å². The van der Waals surface area contributed by atoms with E-state index >= 15 is 0 Å². The van der Waals surface area contributed by atoms with Crippen LogP contribution in [-0.2, 0) is 14.9 Å². The molecule has 0 aliphatic carbocycles. The lowest BCUT2D eigenvalue weighted by molar-refractivity contribution is -0.125. The molecule has 0 spiro atoms. The monoisotopic (exact) mass is 387 g/mol. The molecular formula is C14H18IN3O2. The summed E-state index contributed by atoms with van der Waals surface area (Å²) in [6, 6.07) is 4.15. The number of ether oxygens (including phenoxy) is 1. The molecule has 2 aromatic heterocycles. The number of hydrogen-bond donors (Lipinski definition) is 1. The number of aromatic nitrogens is 2. The predicted molar refractivity (Wildman–Crippen MR) is 85.8 cm³/mol. The van der Waals surface area contributed by atoms with Gasteiger partial charge in [-0.05, 0) is 34.2 Å². The number of rotatable bonds is 5. The van der Waals surface area contributed by atoms with Crippen LogP contribution >= 0.6 is 22.6 Å². The average Bonchev–Trinajstić information content (AvgIpc) is 2.79. The van der Waals surface area contributed by atoms with Crippen molar-refractivity contribution in [3.8, 4) is 0 Å². The molecule has 0 fully saturated rings. The van der Waals surface area contributed by atoms with E-state index in [9.17, 15) is 4.79 Å². The lowest BCUT2D eigenvalue weighted by Crippen LogP contribution is -2.29. The predicted octanol–water partition coefficient (Wildman–Crippen LogP) is 1.98. The maximum Gasteiger partial charge on any atom is 0.245 e. The van der Waals surface area contributed by atoms with Crippen molar-refractivity contribution in [2.24, 2.45) is 0 Å². The SMILES string of the molecule is CNC(=O)COCC(C)(C)c1ccc2c(I)cnn2c1. The highest BCUT2D eigenvalue weighted by molar-refractivity contribution is 14.1. The second-order valence-electron chi connectivity index (χ2n) is 5.29. The summed E-state index contributed by atoms with van der Waals surface area (Å²) >= 11 is 2.27. The molecule has 1 N–H and O–H groups in total. The van der Waals surface area contributed by atoms with Crippen molar-refractivity contribution in [1.82, 2.24) is 14.9 Å². The number of amides is 1. The number of nitrogens with one attached hydrogen (secondary N) is 1. The Labute approximate surface area is 131 Å². The largest absolute Gasteiger partial charge is 0.371 e. The van der Waals surface area contributed by atoms with E-state index in [1.165, 1.54) is 0 Å². The normalized spacial score (nSPS) is 11.8. The van der Waals surface area contributed by atoms with Gasteiger partial charge < -0.3 is 10.1 Å². The first-order valence-electron chi connectivity index (χ1n) is 6.36. The molecular weight excluding hydrogens is 369 g/mol. The fourth-order valence-electron chi connectivity index (χ4n) is 1.91. The van der Waals surface area contributed by atoms with Gasteiger partial charge in [0.05, 0.1) is 21.9 Å². The van der Waals surface area contributed by atoms with Gasteiger partial charge in [-0.25, -0.2) is 4.52 Å². The van der Waals surface area contributed by atoms with Gasteiger partial charge in [0.25, 0.3) is 0 Å². The first-order valence-corrected chi connectivity index (χ1v) is 7.43. The van der Waals surface area contributed by atoms with E-state index in [0.29, 0.717) is 6.61 Å². The first kappa shape index (κ1) is 15.2. The molecule has 0 saturated carbocycles. The van der Waals surface area contributed by atoms with E-state index in [-0.39, 0.29) is 17.9 Å². The van der Waals surface area contributed by atoms with Gasteiger partial charge in [0.15, 0.2) is 0 Å². The van der Waals surface area contributed by atoms with Gasteiger partial charge in [0.2, 0.25) is 5.91 Å². The van der Waals surface area contributed by atoms with Crippen LogP contribution in [0.4, 0.5) is 0 Å². The summed E-state index contributed by atoms with van der Waals surface area (Å²) in [5.41, 5.74) is 2.04. The Hall–Kier alpha value is -1.15. The lowest BCUT2D eigenvalue weighted by Gasteiger charge is -2.24. The smallest absolute Gasteiger partial charge is 0.245 e. The van der Waals surface area contributed by atoms with Crippen LogP contribution in [0.3, 0.4) is 0 Å². The van der Waals surface area contributed by atoms with E-state index < -0.39 is 0 Å². The molecule has 1 amide bonds. The van der Waals surface area contributed by atoms with Gasteiger partial charge in [0, 0.05) is 18.7 Å². The molecule has 0 saturated heterocycles. The molecule has 2 heterocycles. The number of pyridine rings is 1. The standard InChI is InChI=1S/C14H18IN3O2/c1-14(2,9-20-8-13(19)16-3)10-4-5-12-11(15)6-17-18(12)7-10/h4-7H,8-9H2,1-3H3,(H,16,19). The highest BCUT2D eigenvalue weighted by Crippen LogP contribution is 2.25. The number of likely N-dealkylation sites (N-methyl/N-ethyl adjacent to an activating group) is 1. The summed E-state index contributed by atoms with van der Waals surface area (Å²) in [7, 11) is 1.60. The summed E-state index contributed by atoms with van der Waals surface area (Å²) in [6.45, 7) is 4.74. The van der Waals surface area contributed by atoms with Gasteiger partial charge in [-0.3, -0.25) is 4.79 Å². The second kappa shape index (κ2) is 6.09. The first-order chi connectivity index (χ1) is 9.44. The minimum Gasteiger partial charge on any atom is -0.371 e. The molecule has 0 aliphatic heterocycles. The van der Waals surface area contributed by atoms with Crippen LogP contribution in [-0.4, -0.2) is 35.8 Å². The van der Waals surface area contributed by atoms with Gasteiger partial charge in [-0.2, -0.15) is 5.10 Å². The second-order valence-corrected chi connectivity index (χ2v) is 6.45. The Morgan fingerprint density at radius 3 is 2.95 bits per heavy atom. The summed E-state index contributed by atoms with van der Waals surface area (Å²) in [6.07, 6.45) is 3.86. The van der Waals surface area contributed by atoms with Crippen molar-refractivity contribution in [2.45, 2.75) is 19.3 Å². The van der Waals surface area contributed by atoms with Crippen molar-refractivity contribution >= 4 is 34.0 Å². The molecule has 0 aliphatic rings. The maximum absolute atomic E-state index is 11.2. The Balaban J connectivity index is 2.12. The van der Waals surface area contributed by atoms with E-state index in [2.05, 4.69) is 59.0 Å². The van der Waals surface area contributed by atoms with Crippen LogP contribution in [0, 0.1) is 3.57 Å². The summed E-state index contributed by atoms with van der Waals surface area (Å²) < 4.78 is 8.48. The number of halogens is 1. The van der Waals surface area contributed by atoms with Gasteiger partial charge in [0.1, 0.15) is 6.61 Å². The third-order valence-corrected chi connectivity index (χ3v) is 4.06.